The Morgan fingerprint density at radius 1 is 1.32 bits per heavy atom. The van der Waals surface area contributed by atoms with Gasteiger partial charge in [0.05, 0.1) is 5.39 Å². The standard InChI is InChI=1S/C19H25N3O2S/c1-11-6-7-13-14(10-11)25-19-17(13)18(24)21-15(22-19)8-9-16(23)20-12-4-2-3-5-12/h11-12H,2-10H2,1H3,(H,20,23)(H,21,22,24)/t11-/m0/s1. The summed E-state index contributed by atoms with van der Waals surface area (Å²) in [7, 11) is 0. The fourth-order valence-electron chi connectivity index (χ4n) is 4.11. The number of nitrogens with zero attached hydrogens (tertiary/aromatic N) is 1. The molecule has 134 valence electrons. The molecule has 0 bridgehead atoms. The van der Waals surface area contributed by atoms with Crippen LogP contribution in [0.5, 0.6) is 0 Å². The van der Waals surface area contributed by atoms with Crippen molar-refractivity contribution in [3.8, 4) is 0 Å². The second kappa shape index (κ2) is 6.90. The van der Waals surface area contributed by atoms with Crippen LogP contribution in [-0.4, -0.2) is 21.9 Å². The highest BCUT2D eigenvalue weighted by Crippen LogP contribution is 2.35. The first-order valence-electron chi connectivity index (χ1n) is 9.43. The normalized spacial score (nSPS) is 20.8. The number of nitrogens with one attached hydrogen (secondary N) is 2. The molecule has 2 heterocycles. The van der Waals surface area contributed by atoms with Crippen molar-refractivity contribution < 1.29 is 4.79 Å². The molecule has 6 heteroatoms. The molecule has 4 rings (SSSR count). The predicted octanol–water partition coefficient (Wildman–Crippen LogP) is 3.10. The number of hydrogen-bond donors (Lipinski definition) is 2. The summed E-state index contributed by atoms with van der Waals surface area (Å²) in [5, 5.41) is 3.87. The summed E-state index contributed by atoms with van der Waals surface area (Å²) in [6.07, 6.45) is 8.63. The second-order valence-corrected chi connectivity index (χ2v) is 8.68. The van der Waals surface area contributed by atoms with Gasteiger partial charge in [0, 0.05) is 23.8 Å². The van der Waals surface area contributed by atoms with E-state index in [1.165, 1.54) is 23.3 Å². The van der Waals surface area contributed by atoms with E-state index in [1.54, 1.807) is 11.3 Å². The van der Waals surface area contributed by atoms with Crippen LogP contribution in [0.15, 0.2) is 4.79 Å². The van der Waals surface area contributed by atoms with Gasteiger partial charge in [0.2, 0.25) is 5.91 Å². The van der Waals surface area contributed by atoms with Gasteiger partial charge in [-0.1, -0.05) is 19.8 Å². The molecule has 25 heavy (non-hydrogen) atoms. The lowest BCUT2D eigenvalue weighted by atomic mass is 9.89. The number of carbonyl (C=O) groups excluding carboxylic acids is 1. The molecule has 2 aromatic heterocycles. The number of aromatic nitrogens is 2. The van der Waals surface area contributed by atoms with Crippen LogP contribution < -0.4 is 10.9 Å². The van der Waals surface area contributed by atoms with Crippen LogP contribution in [0.2, 0.25) is 0 Å². The lowest BCUT2D eigenvalue weighted by Crippen LogP contribution is -2.32. The molecule has 0 saturated heterocycles. The lowest BCUT2D eigenvalue weighted by molar-refractivity contribution is -0.121. The highest BCUT2D eigenvalue weighted by molar-refractivity contribution is 7.18. The summed E-state index contributed by atoms with van der Waals surface area (Å²) in [5.41, 5.74) is 1.17. The number of fused-ring (bicyclic) bond motifs is 3. The maximum Gasteiger partial charge on any atom is 0.259 e. The summed E-state index contributed by atoms with van der Waals surface area (Å²) in [5.74, 6) is 1.37. The van der Waals surface area contributed by atoms with Crippen molar-refractivity contribution >= 4 is 27.5 Å². The van der Waals surface area contributed by atoms with Crippen molar-refractivity contribution in [2.24, 2.45) is 5.92 Å². The molecule has 0 aliphatic heterocycles. The van der Waals surface area contributed by atoms with Crippen LogP contribution in [0.1, 0.15) is 61.7 Å². The molecular weight excluding hydrogens is 334 g/mol. The molecule has 5 nitrogen and oxygen atoms in total. The van der Waals surface area contributed by atoms with Crippen molar-refractivity contribution in [1.29, 1.82) is 0 Å². The van der Waals surface area contributed by atoms with Crippen LogP contribution in [0.4, 0.5) is 0 Å². The van der Waals surface area contributed by atoms with Crippen LogP contribution in [0.3, 0.4) is 0 Å². The van der Waals surface area contributed by atoms with Crippen molar-refractivity contribution in [2.45, 2.75) is 70.8 Å². The molecule has 1 saturated carbocycles. The van der Waals surface area contributed by atoms with Crippen LogP contribution in [0.25, 0.3) is 10.2 Å². The van der Waals surface area contributed by atoms with Gasteiger partial charge in [-0.05, 0) is 43.6 Å². The summed E-state index contributed by atoms with van der Waals surface area (Å²) >= 11 is 1.66. The Morgan fingerprint density at radius 2 is 2.12 bits per heavy atom. The number of thiophene rings is 1. The smallest absolute Gasteiger partial charge is 0.259 e. The lowest BCUT2D eigenvalue weighted by Gasteiger charge is -2.17. The fourth-order valence-corrected chi connectivity index (χ4v) is 5.52. The molecule has 1 fully saturated rings. The van der Waals surface area contributed by atoms with E-state index in [-0.39, 0.29) is 11.5 Å². The largest absolute Gasteiger partial charge is 0.353 e. The van der Waals surface area contributed by atoms with Gasteiger partial charge in [-0.2, -0.15) is 0 Å². The minimum Gasteiger partial charge on any atom is -0.353 e. The van der Waals surface area contributed by atoms with E-state index in [9.17, 15) is 9.59 Å². The van der Waals surface area contributed by atoms with Crippen LogP contribution >= 0.6 is 11.3 Å². The molecule has 0 spiro atoms. The van der Waals surface area contributed by atoms with E-state index in [4.69, 9.17) is 0 Å². The number of hydrogen-bond acceptors (Lipinski definition) is 4. The average Bonchev–Trinajstić information content (AvgIpc) is 3.19. The maximum atomic E-state index is 12.5. The average molecular weight is 359 g/mol. The molecule has 0 radical (unpaired) electrons. The number of aryl methyl sites for hydroxylation is 2. The van der Waals surface area contributed by atoms with Crippen molar-refractivity contribution in [2.75, 3.05) is 0 Å². The summed E-state index contributed by atoms with van der Waals surface area (Å²) in [6.45, 7) is 2.26. The van der Waals surface area contributed by atoms with Gasteiger partial charge in [0.15, 0.2) is 0 Å². The highest BCUT2D eigenvalue weighted by atomic mass is 32.1. The summed E-state index contributed by atoms with van der Waals surface area (Å²) in [4.78, 5) is 34.4. The first-order valence-corrected chi connectivity index (χ1v) is 10.2. The molecular formula is C19H25N3O2S. The quantitative estimate of drug-likeness (QED) is 0.881. The zero-order valence-corrected chi connectivity index (χ0v) is 15.5. The van der Waals surface area contributed by atoms with Crippen molar-refractivity contribution in [3.05, 3.63) is 26.6 Å². The topological polar surface area (TPSA) is 74.8 Å². The Balaban J connectivity index is 1.49. The number of aromatic amines is 1. The third-order valence-corrected chi connectivity index (χ3v) is 6.67. The molecule has 2 aliphatic rings. The molecule has 1 amide bonds. The number of amides is 1. The van der Waals surface area contributed by atoms with Gasteiger partial charge >= 0.3 is 0 Å². The summed E-state index contributed by atoms with van der Waals surface area (Å²) in [6, 6.07) is 0.341. The van der Waals surface area contributed by atoms with Crippen molar-refractivity contribution in [3.63, 3.8) is 0 Å². The third kappa shape index (κ3) is 3.50. The van der Waals surface area contributed by atoms with Gasteiger partial charge in [-0.15, -0.1) is 11.3 Å². The van der Waals surface area contributed by atoms with Gasteiger partial charge in [-0.25, -0.2) is 4.98 Å². The second-order valence-electron chi connectivity index (χ2n) is 7.59. The Kier molecular flexibility index (Phi) is 4.63. The molecule has 0 unspecified atom stereocenters. The Morgan fingerprint density at radius 3 is 2.92 bits per heavy atom. The number of carbonyl (C=O) groups is 1. The van der Waals surface area contributed by atoms with E-state index in [0.29, 0.717) is 30.6 Å². The minimum absolute atomic E-state index is 0.0387. The first kappa shape index (κ1) is 16.8. The Labute approximate surface area is 151 Å². The molecule has 2 aromatic rings. The highest BCUT2D eigenvalue weighted by Gasteiger charge is 2.23. The van der Waals surface area contributed by atoms with Crippen LogP contribution in [-0.2, 0) is 24.1 Å². The van der Waals surface area contributed by atoms with Crippen LogP contribution in [0, 0.1) is 5.92 Å². The molecule has 1 atom stereocenters. The van der Waals surface area contributed by atoms with Gasteiger partial charge in [-0.3, -0.25) is 9.59 Å². The van der Waals surface area contributed by atoms with E-state index < -0.39 is 0 Å². The van der Waals surface area contributed by atoms with E-state index >= 15 is 0 Å². The van der Waals surface area contributed by atoms with Gasteiger partial charge in [0.25, 0.3) is 5.56 Å². The van der Waals surface area contributed by atoms with Crippen molar-refractivity contribution in [1.82, 2.24) is 15.3 Å². The molecule has 0 aromatic carbocycles. The maximum absolute atomic E-state index is 12.5. The summed E-state index contributed by atoms with van der Waals surface area (Å²) < 4.78 is 0. The van der Waals surface area contributed by atoms with E-state index in [2.05, 4.69) is 22.2 Å². The minimum atomic E-state index is -0.0387. The van der Waals surface area contributed by atoms with Gasteiger partial charge in [0.1, 0.15) is 10.7 Å². The van der Waals surface area contributed by atoms with E-state index in [1.807, 2.05) is 0 Å². The monoisotopic (exact) mass is 359 g/mol. The Hall–Kier alpha value is -1.69. The third-order valence-electron chi connectivity index (χ3n) is 5.52. The van der Waals surface area contributed by atoms with E-state index in [0.717, 1.165) is 42.3 Å². The fraction of sp³-hybridized carbons (Fsp3) is 0.632. The number of rotatable bonds is 4. The zero-order valence-electron chi connectivity index (χ0n) is 14.7. The predicted molar refractivity (Wildman–Crippen MR) is 100 cm³/mol. The molecule has 2 aliphatic carbocycles. The Bertz CT molecular complexity index is 848. The van der Waals surface area contributed by atoms with Gasteiger partial charge < -0.3 is 10.3 Å². The first-order chi connectivity index (χ1) is 12.1. The SMILES string of the molecule is C[C@H]1CCc2c(sc3nc(CCC(=O)NC4CCCC4)[nH]c(=O)c23)C1. The number of H-pyrrole nitrogens is 1. The zero-order chi connectivity index (χ0) is 17.4. The molecule has 2 N–H and O–H groups in total.